The highest BCUT2D eigenvalue weighted by Crippen LogP contribution is 2.35. The summed E-state index contributed by atoms with van der Waals surface area (Å²) in [4.78, 5) is 20.1. The molecule has 0 radical (unpaired) electrons. The van der Waals surface area contributed by atoms with Crippen LogP contribution in [0.4, 0.5) is 24.7 Å². The highest BCUT2D eigenvalue weighted by Gasteiger charge is 2.39. The van der Waals surface area contributed by atoms with Crippen LogP contribution in [0.2, 0.25) is 0 Å². The number of alkyl halides is 3. The zero-order chi connectivity index (χ0) is 25.3. The van der Waals surface area contributed by atoms with Crippen molar-refractivity contribution >= 4 is 43.4 Å². The number of benzene rings is 1. The first-order valence-corrected chi connectivity index (χ1v) is 11.3. The van der Waals surface area contributed by atoms with Gasteiger partial charge in [-0.1, -0.05) is 0 Å². The van der Waals surface area contributed by atoms with Gasteiger partial charge in [0, 0.05) is 18.8 Å². The van der Waals surface area contributed by atoms with Crippen LogP contribution < -0.4 is 19.5 Å². The molecule has 0 spiro atoms. The van der Waals surface area contributed by atoms with E-state index in [4.69, 9.17) is 9.47 Å². The Labute approximate surface area is 199 Å². The maximum atomic E-state index is 13.0. The standard InChI is InChI=1S/C18H16BrF3N6O5S/c1-28-14(13(19)15(26-28)18(20,21)22)16(29)23-9-4-6-10(7-5-9)34(30,31)27-11-8-12(32-2)25-17(24-11)33-3/h4-8H,1-3H3,(H,23,29)(H,24,25,27). The Morgan fingerprint density at radius 1 is 1.12 bits per heavy atom. The Kier molecular flexibility index (Phi) is 7.02. The zero-order valence-corrected chi connectivity index (χ0v) is 20.0. The predicted octanol–water partition coefficient (Wildman–Crippen LogP) is 3.06. The number of amides is 1. The van der Waals surface area contributed by atoms with Gasteiger partial charge in [0.1, 0.15) is 5.69 Å². The summed E-state index contributed by atoms with van der Waals surface area (Å²) in [6, 6.07) is 6.03. The molecular formula is C18H16BrF3N6O5S. The minimum atomic E-state index is -4.75. The third-order valence-corrected chi connectivity index (χ3v) is 6.33. The van der Waals surface area contributed by atoms with Crippen LogP contribution in [-0.4, -0.2) is 48.3 Å². The number of hydrogen-bond acceptors (Lipinski definition) is 8. The first-order valence-electron chi connectivity index (χ1n) is 9.06. The highest BCUT2D eigenvalue weighted by atomic mass is 79.9. The molecule has 182 valence electrons. The Morgan fingerprint density at radius 3 is 2.29 bits per heavy atom. The number of aromatic nitrogens is 4. The van der Waals surface area contributed by atoms with Gasteiger partial charge >= 0.3 is 12.2 Å². The van der Waals surface area contributed by atoms with Gasteiger partial charge in [-0.25, -0.2) is 8.42 Å². The molecule has 0 saturated carbocycles. The summed E-state index contributed by atoms with van der Waals surface area (Å²) in [7, 11) is -0.276. The number of nitrogens with one attached hydrogen (secondary N) is 2. The second-order valence-corrected chi connectivity index (χ2v) is 8.97. The zero-order valence-electron chi connectivity index (χ0n) is 17.6. The van der Waals surface area contributed by atoms with Crippen molar-refractivity contribution in [3.63, 3.8) is 0 Å². The number of nitrogens with zero attached hydrogens (tertiary/aromatic N) is 4. The molecule has 0 unspecified atom stereocenters. The molecule has 2 N–H and O–H groups in total. The molecule has 0 fully saturated rings. The van der Waals surface area contributed by atoms with Crippen molar-refractivity contribution in [1.82, 2.24) is 19.7 Å². The van der Waals surface area contributed by atoms with Gasteiger partial charge in [0.15, 0.2) is 11.5 Å². The van der Waals surface area contributed by atoms with Crippen molar-refractivity contribution in [2.24, 2.45) is 7.05 Å². The normalized spacial score (nSPS) is 11.7. The van der Waals surface area contributed by atoms with E-state index < -0.39 is 32.3 Å². The van der Waals surface area contributed by atoms with Crippen LogP contribution in [0, 0.1) is 0 Å². The second kappa shape index (κ2) is 9.46. The number of halogens is 4. The number of aryl methyl sites for hydroxylation is 1. The Balaban J connectivity index is 1.79. The lowest BCUT2D eigenvalue weighted by molar-refractivity contribution is -0.142. The van der Waals surface area contributed by atoms with E-state index >= 15 is 0 Å². The van der Waals surface area contributed by atoms with Crippen molar-refractivity contribution < 1.29 is 35.9 Å². The quantitative estimate of drug-likeness (QED) is 0.446. The van der Waals surface area contributed by atoms with Gasteiger partial charge in [0.25, 0.3) is 15.9 Å². The van der Waals surface area contributed by atoms with E-state index in [1.54, 1.807) is 0 Å². The number of rotatable bonds is 7. The van der Waals surface area contributed by atoms with E-state index in [0.717, 1.165) is 4.68 Å². The number of carbonyl (C=O) groups is 1. The van der Waals surface area contributed by atoms with Gasteiger partial charge in [-0.05, 0) is 40.2 Å². The monoisotopic (exact) mass is 564 g/mol. The highest BCUT2D eigenvalue weighted by molar-refractivity contribution is 9.10. The van der Waals surface area contributed by atoms with E-state index in [9.17, 15) is 26.4 Å². The summed E-state index contributed by atoms with van der Waals surface area (Å²) in [6.45, 7) is 0. The van der Waals surface area contributed by atoms with E-state index in [1.165, 1.54) is 51.6 Å². The first kappa shape index (κ1) is 25.2. The number of anilines is 2. The van der Waals surface area contributed by atoms with Crippen molar-refractivity contribution in [1.29, 1.82) is 0 Å². The summed E-state index contributed by atoms with van der Waals surface area (Å²) in [6.07, 6.45) is -4.75. The number of hydrogen-bond donors (Lipinski definition) is 2. The molecule has 0 aliphatic carbocycles. The molecule has 11 nitrogen and oxygen atoms in total. The van der Waals surface area contributed by atoms with Gasteiger partial charge in [-0.15, -0.1) is 0 Å². The van der Waals surface area contributed by atoms with Crippen LogP contribution >= 0.6 is 15.9 Å². The van der Waals surface area contributed by atoms with E-state index in [0.29, 0.717) is 0 Å². The van der Waals surface area contributed by atoms with E-state index in [2.05, 4.69) is 41.0 Å². The lowest BCUT2D eigenvalue weighted by Gasteiger charge is -2.10. The molecule has 0 bridgehead atoms. The molecule has 1 amide bonds. The maximum Gasteiger partial charge on any atom is 0.436 e. The SMILES string of the molecule is COc1cc(NS(=O)(=O)c2ccc(NC(=O)c3c(Br)c(C(F)(F)F)nn3C)cc2)nc(OC)n1. The van der Waals surface area contributed by atoms with Crippen molar-refractivity contribution in [3.05, 3.63) is 46.2 Å². The van der Waals surface area contributed by atoms with Crippen molar-refractivity contribution in [3.8, 4) is 11.9 Å². The lowest BCUT2D eigenvalue weighted by atomic mass is 10.3. The average molecular weight is 565 g/mol. The van der Waals surface area contributed by atoms with Crippen LogP contribution in [0.25, 0.3) is 0 Å². The molecule has 16 heteroatoms. The first-order chi connectivity index (χ1) is 15.9. The summed E-state index contributed by atoms with van der Waals surface area (Å²) >= 11 is 2.76. The molecule has 3 aromatic rings. The predicted molar refractivity (Wildman–Crippen MR) is 116 cm³/mol. The third kappa shape index (κ3) is 5.39. The smallest absolute Gasteiger partial charge is 0.436 e. The lowest BCUT2D eigenvalue weighted by Crippen LogP contribution is -2.17. The number of methoxy groups -OCH3 is 2. The molecule has 0 saturated heterocycles. The van der Waals surface area contributed by atoms with Crippen LogP contribution in [0.1, 0.15) is 16.2 Å². The molecule has 34 heavy (non-hydrogen) atoms. The Morgan fingerprint density at radius 2 is 1.76 bits per heavy atom. The summed E-state index contributed by atoms with van der Waals surface area (Å²) < 4.78 is 76.8. The third-order valence-electron chi connectivity index (χ3n) is 4.21. The van der Waals surface area contributed by atoms with Gasteiger partial charge in [0.05, 0.1) is 23.6 Å². The number of carbonyl (C=O) groups excluding carboxylic acids is 1. The van der Waals surface area contributed by atoms with Crippen LogP contribution in [-0.2, 0) is 23.2 Å². The molecular weight excluding hydrogens is 549 g/mol. The van der Waals surface area contributed by atoms with Crippen LogP contribution in [0.15, 0.2) is 39.7 Å². The Hall–Kier alpha value is -3.40. The molecule has 3 rings (SSSR count). The molecule has 2 aromatic heterocycles. The van der Waals surface area contributed by atoms with Crippen LogP contribution in [0.5, 0.6) is 11.9 Å². The molecule has 0 aliphatic rings. The second-order valence-electron chi connectivity index (χ2n) is 6.50. The number of ether oxygens (including phenoxy) is 2. The van der Waals surface area contributed by atoms with E-state index in [1.807, 2.05) is 0 Å². The molecule has 2 heterocycles. The Bertz CT molecular complexity index is 1310. The summed E-state index contributed by atoms with van der Waals surface area (Å²) in [5, 5.41) is 5.72. The molecule has 0 aliphatic heterocycles. The van der Waals surface area contributed by atoms with Crippen LogP contribution in [0.3, 0.4) is 0 Å². The molecule has 1 aromatic carbocycles. The van der Waals surface area contributed by atoms with Gasteiger partial charge in [0.2, 0.25) is 5.88 Å². The minimum absolute atomic E-state index is 0.0672. The van der Waals surface area contributed by atoms with Crippen molar-refractivity contribution in [2.45, 2.75) is 11.1 Å². The fourth-order valence-corrected chi connectivity index (χ4v) is 4.42. The van der Waals surface area contributed by atoms with E-state index in [-0.39, 0.29) is 34.0 Å². The largest absolute Gasteiger partial charge is 0.481 e. The van der Waals surface area contributed by atoms with Gasteiger partial charge in [-0.3, -0.25) is 14.2 Å². The molecule has 0 atom stereocenters. The van der Waals surface area contributed by atoms with Crippen molar-refractivity contribution in [2.75, 3.05) is 24.3 Å². The van der Waals surface area contributed by atoms with Gasteiger partial charge in [-0.2, -0.15) is 28.2 Å². The maximum absolute atomic E-state index is 13.0. The summed E-state index contributed by atoms with van der Waals surface area (Å²) in [5.74, 6) is -0.925. The minimum Gasteiger partial charge on any atom is -0.481 e. The number of sulfonamides is 1. The average Bonchev–Trinajstić information content (AvgIpc) is 3.07. The fraction of sp³-hybridized carbons (Fsp3) is 0.222. The fourth-order valence-electron chi connectivity index (χ4n) is 2.68. The topological polar surface area (TPSA) is 137 Å². The van der Waals surface area contributed by atoms with Gasteiger partial charge < -0.3 is 14.8 Å². The summed E-state index contributed by atoms with van der Waals surface area (Å²) in [5.41, 5.74) is -1.47.